The first-order valence-corrected chi connectivity index (χ1v) is 9.91. The third kappa shape index (κ3) is 3.71. The van der Waals surface area contributed by atoms with E-state index in [1.807, 2.05) is 24.4 Å². The van der Waals surface area contributed by atoms with Crippen LogP contribution in [0.2, 0.25) is 0 Å². The normalized spacial score (nSPS) is 14.0. The molecule has 0 saturated carbocycles. The smallest absolute Gasteiger partial charge is 0.252 e. The highest BCUT2D eigenvalue weighted by Gasteiger charge is 2.20. The molecule has 1 aliphatic rings. The van der Waals surface area contributed by atoms with Crippen LogP contribution in [-0.2, 0) is 11.3 Å². The van der Waals surface area contributed by atoms with E-state index >= 15 is 0 Å². The van der Waals surface area contributed by atoms with Gasteiger partial charge in [0.1, 0.15) is 0 Å². The van der Waals surface area contributed by atoms with E-state index in [1.165, 1.54) is 4.88 Å². The van der Waals surface area contributed by atoms with Crippen LogP contribution in [0.4, 0.5) is 0 Å². The molecule has 1 saturated heterocycles. The molecule has 0 aromatic carbocycles. The van der Waals surface area contributed by atoms with E-state index in [0.717, 1.165) is 31.6 Å². The summed E-state index contributed by atoms with van der Waals surface area (Å²) in [5, 5.41) is 9.90. The standard InChI is InChI=1S/C19H21N5O2S/c1-13-9-15(19(26)20-11-17(25)23-6-2-3-7-23)16-10-21-24(18(16)22-13)12-14-5-4-8-27-14/h4-5,8-10H,2-3,6-7,11-12H2,1H3,(H,20,26). The molecule has 0 spiro atoms. The van der Waals surface area contributed by atoms with E-state index in [-0.39, 0.29) is 18.4 Å². The molecule has 4 rings (SSSR count). The van der Waals surface area contributed by atoms with Gasteiger partial charge in [-0.05, 0) is 37.3 Å². The lowest BCUT2D eigenvalue weighted by Gasteiger charge is -2.15. The van der Waals surface area contributed by atoms with Crippen LogP contribution < -0.4 is 5.32 Å². The molecule has 140 valence electrons. The SMILES string of the molecule is Cc1cc(C(=O)NCC(=O)N2CCCC2)c2cnn(Cc3cccs3)c2n1. The Hall–Kier alpha value is -2.74. The number of thiophene rings is 1. The summed E-state index contributed by atoms with van der Waals surface area (Å²) in [5.41, 5.74) is 1.93. The second-order valence-electron chi connectivity index (χ2n) is 6.70. The van der Waals surface area contributed by atoms with Gasteiger partial charge in [-0.15, -0.1) is 11.3 Å². The summed E-state index contributed by atoms with van der Waals surface area (Å²) in [6.45, 7) is 4.05. The van der Waals surface area contributed by atoms with Crippen molar-refractivity contribution in [3.8, 4) is 0 Å². The number of aromatic nitrogens is 3. The number of pyridine rings is 1. The maximum atomic E-state index is 12.7. The minimum absolute atomic E-state index is 0.0189. The Labute approximate surface area is 161 Å². The topological polar surface area (TPSA) is 80.1 Å². The monoisotopic (exact) mass is 383 g/mol. The summed E-state index contributed by atoms with van der Waals surface area (Å²) < 4.78 is 1.81. The molecule has 1 fully saturated rings. The minimum Gasteiger partial charge on any atom is -0.343 e. The minimum atomic E-state index is -0.270. The Bertz CT molecular complexity index is 974. The highest BCUT2D eigenvalue weighted by Crippen LogP contribution is 2.20. The predicted molar refractivity (Wildman–Crippen MR) is 104 cm³/mol. The quantitative estimate of drug-likeness (QED) is 0.732. The molecule has 3 aromatic heterocycles. The zero-order valence-electron chi connectivity index (χ0n) is 15.1. The second kappa shape index (κ2) is 7.48. The Morgan fingerprint density at radius 1 is 1.30 bits per heavy atom. The fourth-order valence-electron chi connectivity index (χ4n) is 3.36. The number of likely N-dealkylation sites (tertiary alicyclic amines) is 1. The van der Waals surface area contributed by atoms with Crippen LogP contribution in [0.25, 0.3) is 11.0 Å². The Morgan fingerprint density at radius 3 is 2.85 bits per heavy atom. The highest BCUT2D eigenvalue weighted by molar-refractivity contribution is 7.09. The van der Waals surface area contributed by atoms with Crippen molar-refractivity contribution in [2.75, 3.05) is 19.6 Å². The van der Waals surface area contributed by atoms with Crippen molar-refractivity contribution < 1.29 is 9.59 Å². The molecule has 4 heterocycles. The van der Waals surface area contributed by atoms with Gasteiger partial charge in [-0.3, -0.25) is 9.59 Å². The summed E-state index contributed by atoms with van der Waals surface area (Å²) >= 11 is 1.66. The molecular weight excluding hydrogens is 362 g/mol. The van der Waals surface area contributed by atoms with Crippen LogP contribution in [-0.4, -0.2) is 51.1 Å². The number of nitrogens with one attached hydrogen (secondary N) is 1. The van der Waals surface area contributed by atoms with Crippen LogP contribution in [0.1, 0.15) is 33.8 Å². The molecule has 8 heteroatoms. The molecule has 7 nitrogen and oxygen atoms in total. The average molecular weight is 383 g/mol. The van der Waals surface area contributed by atoms with Crippen molar-refractivity contribution >= 4 is 34.2 Å². The first kappa shape index (κ1) is 17.7. The highest BCUT2D eigenvalue weighted by atomic mass is 32.1. The van der Waals surface area contributed by atoms with E-state index in [4.69, 9.17) is 0 Å². The molecule has 3 aromatic rings. The number of carbonyl (C=O) groups is 2. The molecule has 27 heavy (non-hydrogen) atoms. The van der Waals surface area contributed by atoms with Gasteiger partial charge < -0.3 is 10.2 Å². The van der Waals surface area contributed by atoms with Crippen LogP contribution in [0.5, 0.6) is 0 Å². The van der Waals surface area contributed by atoms with Crippen molar-refractivity contribution in [2.45, 2.75) is 26.3 Å². The molecule has 0 atom stereocenters. The molecule has 2 amide bonds. The number of hydrogen-bond donors (Lipinski definition) is 1. The van der Waals surface area contributed by atoms with Crippen molar-refractivity contribution in [3.05, 3.63) is 45.9 Å². The van der Waals surface area contributed by atoms with Gasteiger partial charge in [0, 0.05) is 23.7 Å². The van der Waals surface area contributed by atoms with E-state index in [9.17, 15) is 9.59 Å². The number of aryl methyl sites for hydroxylation is 1. The van der Waals surface area contributed by atoms with E-state index < -0.39 is 0 Å². The number of hydrogen-bond acceptors (Lipinski definition) is 5. The summed E-state index contributed by atoms with van der Waals surface area (Å²) in [6, 6.07) is 5.79. The third-order valence-electron chi connectivity index (χ3n) is 4.73. The molecule has 1 N–H and O–H groups in total. The van der Waals surface area contributed by atoms with Gasteiger partial charge in [-0.2, -0.15) is 5.10 Å². The fraction of sp³-hybridized carbons (Fsp3) is 0.368. The second-order valence-corrected chi connectivity index (χ2v) is 7.73. The molecule has 0 bridgehead atoms. The van der Waals surface area contributed by atoms with Gasteiger partial charge in [-0.25, -0.2) is 9.67 Å². The summed E-state index contributed by atoms with van der Waals surface area (Å²) in [7, 11) is 0. The van der Waals surface area contributed by atoms with Crippen LogP contribution in [0.3, 0.4) is 0 Å². The van der Waals surface area contributed by atoms with Gasteiger partial charge in [0.15, 0.2) is 5.65 Å². The Kier molecular flexibility index (Phi) is 4.89. The summed E-state index contributed by atoms with van der Waals surface area (Å²) in [4.78, 5) is 32.4. The van der Waals surface area contributed by atoms with E-state index in [0.29, 0.717) is 23.1 Å². The van der Waals surface area contributed by atoms with Crippen molar-refractivity contribution in [1.82, 2.24) is 25.0 Å². The van der Waals surface area contributed by atoms with E-state index in [1.54, 1.807) is 33.2 Å². The van der Waals surface area contributed by atoms with Crippen LogP contribution in [0.15, 0.2) is 29.8 Å². The zero-order valence-corrected chi connectivity index (χ0v) is 16.0. The molecule has 0 radical (unpaired) electrons. The number of carbonyl (C=O) groups excluding carboxylic acids is 2. The lowest BCUT2D eigenvalue weighted by Crippen LogP contribution is -2.38. The van der Waals surface area contributed by atoms with Gasteiger partial charge in [0.2, 0.25) is 5.91 Å². The van der Waals surface area contributed by atoms with Crippen molar-refractivity contribution in [2.24, 2.45) is 0 Å². The Morgan fingerprint density at radius 2 is 2.11 bits per heavy atom. The van der Waals surface area contributed by atoms with Gasteiger partial charge in [0.25, 0.3) is 5.91 Å². The summed E-state index contributed by atoms with van der Waals surface area (Å²) in [6.07, 6.45) is 3.74. The van der Waals surface area contributed by atoms with Crippen LogP contribution >= 0.6 is 11.3 Å². The van der Waals surface area contributed by atoms with Gasteiger partial charge in [0.05, 0.1) is 30.2 Å². The maximum absolute atomic E-state index is 12.7. The lowest BCUT2D eigenvalue weighted by molar-refractivity contribution is -0.129. The number of amides is 2. The zero-order chi connectivity index (χ0) is 18.8. The molecule has 0 aliphatic carbocycles. The molecule has 0 unspecified atom stereocenters. The van der Waals surface area contributed by atoms with E-state index in [2.05, 4.69) is 15.4 Å². The number of rotatable bonds is 5. The number of fused-ring (bicyclic) bond motifs is 1. The van der Waals surface area contributed by atoms with Gasteiger partial charge >= 0.3 is 0 Å². The average Bonchev–Trinajstić information content (AvgIpc) is 3.41. The third-order valence-corrected chi connectivity index (χ3v) is 5.59. The largest absolute Gasteiger partial charge is 0.343 e. The number of nitrogens with zero attached hydrogens (tertiary/aromatic N) is 4. The van der Waals surface area contributed by atoms with Crippen LogP contribution in [0, 0.1) is 6.92 Å². The molecular formula is C19H21N5O2S. The first-order valence-electron chi connectivity index (χ1n) is 9.03. The maximum Gasteiger partial charge on any atom is 0.252 e. The predicted octanol–water partition coefficient (Wildman–Crippen LogP) is 2.20. The Balaban J connectivity index is 1.54. The van der Waals surface area contributed by atoms with Crippen molar-refractivity contribution in [1.29, 1.82) is 0 Å². The summed E-state index contributed by atoms with van der Waals surface area (Å²) in [5.74, 6) is -0.301. The molecule has 1 aliphatic heterocycles. The van der Waals surface area contributed by atoms with Crippen molar-refractivity contribution in [3.63, 3.8) is 0 Å². The first-order chi connectivity index (χ1) is 13.1. The lowest BCUT2D eigenvalue weighted by atomic mass is 10.1. The fourth-order valence-corrected chi connectivity index (χ4v) is 4.04. The van der Waals surface area contributed by atoms with Gasteiger partial charge in [-0.1, -0.05) is 6.07 Å².